The van der Waals surface area contributed by atoms with Crippen LogP contribution in [0.5, 0.6) is 0 Å². The highest BCUT2D eigenvalue weighted by Gasteiger charge is 2.26. The molecule has 0 saturated heterocycles. The summed E-state index contributed by atoms with van der Waals surface area (Å²) in [5, 5.41) is 10.4. The summed E-state index contributed by atoms with van der Waals surface area (Å²) in [5.74, 6) is -1.84. The van der Waals surface area contributed by atoms with Crippen LogP contribution in [-0.4, -0.2) is 16.9 Å². The number of carbonyl (C=O) groups excluding carboxylic acids is 2. The minimum absolute atomic E-state index is 0.127. The second-order valence-electron chi connectivity index (χ2n) is 5.33. The first-order chi connectivity index (χ1) is 9.54. The summed E-state index contributed by atoms with van der Waals surface area (Å²) >= 11 is 5.78. The van der Waals surface area contributed by atoms with Crippen molar-refractivity contribution in [3.8, 4) is 0 Å². The number of nitro groups is 1. The number of nitro benzene ring substituents is 1. The summed E-state index contributed by atoms with van der Waals surface area (Å²) in [5.41, 5.74) is -0.801. The molecule has 112 valence electrons. The third-order valence-electron chi connectivity index (χ3n) is 2.72. The van der Waals surface area contributed by atoms with E-state index in [2.05, 4.69) is 11.3 Å². The molecule has 0 aliphatic carbocycles. The standard InChI is InChI=1S/C14H14ClNO5/c1-8(14(2,3)4)12(17)21-13(18)10-6-5-9(16(19)20)7-11(10)15/h5-7H,1H2,2-4H3. The van der Waals surface area contributed by atoms with Gasteiger partial charge in [-0.15, -0.1) is 0 Å². The zero-order chi connectivity index (χ0) is 16.4. The summed E-state index contributed by atoms with van der Waals surface area (Å²) in [6.45, 7) is 8.83. The highest BCUT2D eigenvalue weighted by Crippen LogP contribution is 2.26. The molecule has 1 rings (SSSR count). The van der Waals surface area contributed by atoms with Gasteiger partial charge in [-0.05, 0) is 11.5 Å². The molecule has 7 heteroatoms. The van der Waals surface area contributed by atoms with Crippen LogP contribution in [0.1, 0.15) is 31.1 Å². The first-order valence-corrected chi connectivity index (χ1v) is 6.31. The van der Waals surface area contributed by atoms with Crippen LogP contribution in [0.4, 0.5) is 5.69 Å². The quantitative estimate of drug-likeness (QED) is 0.280. The second kappa shape index (κ2) is 6.05. The van der Waals surface area contributed by atoms with E-state index in [9.17, 15) is 19.7 Å². The predicted octanol–water partition coefficient (Wildman–Crippen LogP) is 3.53. The van der Waals surface area contributed by atoms with Crippen molar-refractivity contribution in [2.75, 3.05) is 0 Å². The van der Waals surface area contributed by atoms with E-state index in [0.717, 1.165) is 18.2 Å². The Kier molecular flexibility index (Phi) is 4.85. The van der Waals surface area contributed by atoms with Crippen LogP contribution < -0.4 is 0 Å². The van der Waals surface area contributed by atoms with Crippen LogP contribution in [0.15, 0.2) is 30.4 Å². The van der Waals surface area contributed by atoms with Gasteiger partial charge in [0.15, 0.2) is 0 Å². The maximum atomic E-state index is 11.9. The molecule has 0 atom stereocenters. The molecule has 0 aromatic heterocycles. The van der Waals surface area contributed by atoms with Crippen molar-refractivity contribution in [2.45, 2.75) is 20.8 Å². The SMILES string of the molecule is C=C(C(=O)OC(=O)c1ccc([N+](=O)[O-])cc1Cl)C(C)(C)C. The molecule has 0 spiro atoms. The number of hydrogen-bond acceptors (Lipinski definition) is 5. The predicted molar refractivity (Wildman–Crippen MR) is 77.1 cm³/mol. The van der Waals surface area contributed by atoms with Crippen molar-refractivity contribution in [2.24, 2.45) is 5.41 Å². The molecule has 0 N–H and O–H groups in total. The van der Waals surface area contributed by atoms with E-state index in [1.807, 2.05) is 0 Å². The summed E-state index contributed by atoms with van der Waals surface area (Å²) in [6.07, 6.45) is 0. The van der Waals surface area contributed by atoms with E-state index < -0.39 is 22.3 Å². The van der Waals surface area contributed by atoms with E-state index in [1.165, 1.54) is 0 Å². The third-order valence-corrected chi connectivity index (χ3v) is 3.03. The summed E-state index contributed by atoms with van der Waals surface area (Å²) < 4.78 is 4.67. The largest absolute Gasteiger partial charge is 0.386 e. The molecule has 21 heavy (non-hydrogen) atoms. The third kappa shape index (κ3) is 4.13. The highest BCUT2D eigenvalue weighted by atomic mass is 35.5. The first kappa shape index (κ1) is 16.8. The van der Waals surface area contributed by atoms with E-state index in [4.69, 9.17) is 11.6 Å². The maximum Gasteiger partial charge on any atom is 0.347 e. The van der Waals surface area contributed by atoms with Crippen molar-refractivity contribution in [1.82, 2.24) is 0 Å². The molecule has 0 amide bonds. The Labute approximate surface area is 126 Å². The van der Waals surface area contributed by atoms with E-state index >= 15 is 0 Å². The first-order valence-electron chi connectivity index (χ1n) is 5.94. The summed E-state index contributed by atoms with van der Waals surface area (Å²) in [6, 6.07) is 3.25. The van der Waals surface area contributed by atoms with Gasteiger partial charge in [0.05, 0.1) is 15.5 Å². The maximum absolute atomic E-state index is 11.9. The number of carbonyl (C=O) groups is 2. The Bertz CT molecular complexity index is 631. The number of benzene rings is 1. The van der Waals surface area contributed by atoms with Gasteiger partial charge in [-0.3, -0.25) is 10.1 Å². The lowest BCUT2D eigenvalue weighted by molar-refractivity contribution is -0.384. The van der Waals surface area contributed by atoms with Gasteiger partial charge in [0.25, 0.3) is 5.69 Å². The van der Waals surface area contributed by atoms with Crippen molar-refractivity contribution in [3.05, 3.63) is 51.1 Å². The molecule has 0 unspecified atom stereocenters. The topological polar surface area (TPSA) is 86.5 Å². The Morgan fingerprint density at radius 3 is 2.33 bits per heavy atom. The monoisotopic (exact) mass is 311 g/mol. The molecule has 1 aromatic carbocycles. The Hall–Kier alpha value is -2.21. The van der Waals surface area contributed by atoms with Crippen molar-refractivity contribution in [3.63, 3.8) is 0 Å². The number of rotatable bonds is 3. The number of nitrogens with zero attached hydrogens (tertiary/aromatic N) is 1. The van der Waals surface area contributed by atoms with Crippen LogP contribution in [-0.2, 0) is 9.53 Å². The Morgan fingerprint density at radius 2 is 1.90 bits per heavy atom. The Balaban J connectivity index is 2.93. The fraction of sp³-hybridized carbons (Fsp3) is 0.286. The lowest BCUT2D eigenvalue weighted by atomic mass is 9.88. The van der Waals surface area contributed by atoms with Gasteiger partial charge in [-0.25, -0.2) is 9.59 Å². The number of halogens is 1. The zero-order valence-electron chi connectivity index (χ0n) is 11.8. The van der Waals surface area contributed by atoms with Gasteiger partial charge in [-0.1, -0.05) is 39.0 Å². The van der Waals surface area contributed by atoms with Crippen LogP contribution in [0.25, 0.3) is 0 Å². The van der Waals surface area contributed by atoms with Crippen LogP contribution in [0, 0.1) is 15.5 Å². The van der Waals surface area contributed by atoms with Gasteiger partial charge in [-0.2, -0.15) is 0 Å². The average Bonchev–Trinajstić information content (AvgIpc) is 2.35. The minimum atomic E-state index is -0.981. The van der Waals surface area contributed by atoms with Gasteiger partial charge >= 0.3 is 11.9 Å². The minimum Gasteiger partial charge on any atom is -0.386 e. The number of non-ortho nitro benzene ring substituents is 1. The molecule has 0 radical (unpaired) electrons. The molecule has 0 saturated carbocycles. The summed E-state index contributed by atoms with van der Waals surface area (Å²) in [4.78, 5) is 33.5. The van der Waals surface area contributed by atoms with Gasteiger partial charge in [0, 0.05) is 17.7 Å². The fourth-order valence-corrected chi connectivity index (χ4v) is 1.54. The number of hydrogen-bond donors (Lipinski definition) is 0. The molecular formula is C14H14ClNO5. The molecule has 0 fully saturated rings. The van der Waals surface area contributed by atoms with Gasteiger partial charge in [0.2, 0.25) is 0 Å². The summed E-state index contributed by atoms with van der Waals surface area (Å²) in [7, 11) is 0. The van der Waals surface area contributed by atoms with Crippen LogP contribution in [0.2, 0.25) is 5.02 Å². The lowest BCUT2D eigenvalue weighted by Gasteiger charge is -2.19. The number of esters is 2. The van der Waals surface area contributed by atoms with Gasteiger partial charge < -0.3 is 4.74 Å². The normalized spacial score (nSPS) is 10.9. The van der Waals surface area contributed by atoms with E-state index in [0.29, 0.717) is 0 Å². The van der Waals surface area contributed by atoms with Gasteiger partial charge in [0.1, 0.15) is 0 Å². The lowest BCUT2D eigenvalue weighted by Crippen LogP contribution is -2.22. The molecule has 0 heterocycles. The number of ether oxygens (including phenoxy) is 1. The molecule has 0 bridgehead atoms. The average molecular weight is 312 g/mol. The van der Waals surface area contributed by atoms with Crippen molar-refractivity contribution >= 4 is 29.2 Å². The molecular weight excluding hydrogens is 298 g/mol. The molecule has 0 aliphatic rings. The second-order valence-corrected chi connectivity index (χ2v) is 5.73. The molecule has 0 aliphatic heterocycles. The molecule has 6 nitrogen and oxygen atoms in total. The van der Waals surface area contributed by atoms with E-state index in [1.54, 1.807) is 20.8 Å². The smallest absolute Gasteiger partial charge is 0.347 e. The van der Waals surface area contributed by atoms with Crippen molar-refractivity contribution in [1.29, 1.82) is 0 Å². The Morgan fingerprint density at radius 1 is 1.33 bits per heavy atom. The highest BCUT2D eigenvalue weighted by molar-refractivity contribution is 6.34. The molecule has 1 aromatic rings. The van der Waals surface area contributed by atoms with Crippen LogP contribution in [0.3, 0.4) is 0 Å². The van der Waals surface area contributed by atoms with E-state index in [-0.39, 0.29) is 21.8 Å². The van der Waals surface area contributed by atoms with Crippen molar-refractivity contribution < 1.29 is 19.2 Å². The fourth-order valence-electron chi connectivity index (χ4n) is 1.29. The van der Waals surface area contributed by atoms with Crippen LogP contribution >= 0.6 is 11.6 Å². The zero-order valence-corrected chi connectivity index (χ0v) is 12.6.